The van der Waals surface area contributed by atoms with Gasteiger partial charge >= 0.3 is 0 Å². The lowest BCUT2D eigenvalue weighted by Gasteiger charge is -2.25. The first-order valence-corrected chi connectivity index (χ1v) is 7.86. The van der Waals surface area contributed by atoms with Gasteiger partial charge in [-0.05, 0) is 24.0 Å². The zero-order valence-corrected chi connectivity index (χ0v) is 13.7. The highest BCUT2D eigenvalue weighted by molar-refractivity contribution is 5.81. The topological polar surface area (TPSA) is 29.1 Å². The zero-order valence-electron chi connectivity index (χ0n) is 13.7. The van der Waals surface area contributed by atoms with E-state index in [0.29, 0.717) is 0 Å². The van der Waals surface area contributed by atoms with Gasteiger partial charge in [-0.15, -0.1) is 0 Å². The van der Waals surface area contributed by atoms with Crippen molar-refractivity contribution in [2.24, 2.45) is 5.41 Å². The highest BCUT2D eigenvalue weighted by Gasteiger charge is 2.24. The van der Waals surface area contributed by atoms with Crippen LogP contribution < -0.4 is 5.32 Å². The van der Waals surface area contributed by atoms with E-state index < -0.39 is 0 Å². The van der Waals surface area contributed by atoms with Crippen molar-refractivity contribution in [1.82, 2.24) is 5.32 Å². The summed E-state index contributed by atoms with van der Waals surface area (Å²) in [5.41, 5.74) is 2.09. The van der Waals surface area contributed by atoms with Crippen LogP contribution in [0.25, 0.3) is 0 Å². The van der Waals surface area contributed by atoms with Crippen LogP contribution in [0.1, 0.15) is 44.4 Å². The largest absolute Gasteiger partial charge is 0.349 e. The summed E-state index contributed by atoms with van der Waals surface area (Å²) < 4.78 is 0. The van der Waals surface area contributed by atoms with Gasteiger partial charge in [0, 0.05) is 5.41 Å². The highest BCUT2D eigenvalue weighted by atomic mass is 16.2. The van der Waals surface area contributed by atoms with E-state index in [4.69, 9.17) is 0 Å². The van der Waals surface area contributed by atoms with Crippen LogP contribution in [0.15, 0.2) is 60.7 Å². The standard InChI is InChI=1S/C20H25NO/c1-20(2,3)19(22)21-18(17-12-8-5-9-13-17)15-14-16-10-6-4-7-11-16/h4-13,18H,14-15H2,1-3H3,(H,21,22)/t18-/m0/s1. The molecule has 116 valence electrons. The smallest absolute Gasteiger partial charge is 0.225 e. The molecule has 0 saturated heterocycles. The van der Waals surface area contributed by atoms with Crippen LogP contribution >= 0.6 is 0 Å². The Morgan fingerprint density at radius 1 is 0.955 bits per heavy atom. The van der Waals surface area contributed by atoms with E-state index in [0.717, 1.165) is 18.4 Å². The zero-order chi connectivity index (χ0) is 16.0. The first-order chi connectivity index (χ1) is 10.5. The van der Waals surface area contributed by atoms with Gasteiger partial charge in [-0.2, -0.15) is 0 Å². The van der Waals surface area contributed by atoms with Crippen molar-refractivity contribution in [3.05, 3.63) is 71.8 Å². The number of carbonyl (C=O) groups is 1. The maximum Gasteiger partial charge on any atom is 0.225 e. The molecule has 0 heterocycles. The number of benzene rings is 2. The number of hydrogen-bond acceptors (Lipinski definition) is 1. The summed E-state index contributed by atoms with van der Waals surface area (Å²) in [6, 6.07) is 20.7. The van der Waals surface area contributed by atoms with Crippen LogP contribution in [0.3, 0.4) is 0 Å². The van der Waals surface area contributed by atoms with Crippen molar-refractivity contribution >= 4 is 5.91 Å². The molecule has 1 amide bonds. The second-order valence-electron chi connectivity index (χ2n) is 6.71. The van der Waals surface area contributed by atoms with Gasteiger partial charge < -0.3 is 5.32 Å². The molecule has 22 heavy (non-hydrogen) atoms. The Kier molecular flexibility index (Phi) is 5.37. The maximum absolute atomic E-state index is 12.3. The van der Waals surface area contributed by atoms with Crippen molar-refractivity contribution in [2.45, 2.75) is 39.7 Å². The molecule has 0 aliphatic heterocycles. The van der Waals surface area contributed by atoms with E-state index in [1.807, 2.05) is 45.0 Å². The predicted octanol–water partition coefficient (Wildman–Crippen LogP) is 4.52. The van der Waals surface area contributed by atoms with Gasteiger partial charge in [0.1, 0.15) is 0 Å². The second kappa shape index (κ2) is 7.26. The molecule has 0 spiro atoms. The summed E-state index contributed by atoms with van der Waals surface area (Å²) in [6.45, 7) is 5.84. The number of carbonyl (C=O) groups excluding carboxylic acids is 1. The minimum Gasteiger partial charge on any atom is -0.349 e. The summed E-state index contributed by atoms with van der Waals surface area (Å²) in [5, 5.41) is 3.20. The predicted molar refractivity (Wildman–Crippen MR) is 91.5 cm³/mol. The van der Waals surface area contributed by atoms with Crippen LogP contribution in [-0.4, -0.2) is 5.91 Å². The molecular formula is C20H25NO. The van der Waals surface area contributed by atoms with E-state index in [-0.39, 0.29) is 17.4 Å². The maximum atomic E-state index is 12.3. The summed E-state index contributed by atoms with van der Waals surface area (Å²) in [5.74, 6) is 0.0921. The Morgan fingerprint density at radius 3 is 2.05 bits per heavy atom. The molecule has 1 atom stereocenters. The van der Waals surface area contributed by atoms with Crippen molar-refractivity contribution in [3.8, 4) is 0 Å². The normalized spacial score (nSPS) is 12.7. The third kappa shape index (κ3) is 4.73. The SMILES string of the molecule is CC(C)(C)C(=O)N[C@@H](CCc1ccccc1)c1ccccc1. The fourth-order valence-corrected chi connectivity index (χ4v) is 2.34. The Bertz CT molecular complexity index is 584. The van der Waals surface area contributed by atoms with Gasteiger partial charge in [0.05, 0.1) is 6.04 Å². The third-order valence-corrected chi connectivity index (χ3v) is 3.75. The van der Waals surface area contributed by atoms with Crippen molar-refractivity contribution < 1.29 is 4.79 Å². The lowest BCUT2D eigenvalue weighted by atomic mass is 9.93. The number of amides is 1. The summed E-state index contributed by atoms with van der Waals surface area (Å²) >= 11 is 0. The van der Waals surface area contributed by atoms with E-state index in [1.165, 1.54) is 5.56 Å². The van der Waals surface area contributed by atoms with Crippen molar-refractivity contribution in [3.63, 3.8) is 0 Å². The summed E-state index contributed by atoms with van der Waals surface area (Å²) in [4.78, 5) is 12.3. The molecule has 0 fully saturated rings. The molecule has 0 radical (unpaired) electrons. The molecule has 0 bridgehead atoms. The van der Waals surface area contributed by atoms with Crippen LogP contribution in [0, 0.1) is 5.41 Å². The minimum atomic E-state index is -0.375. The molecular weight excluding hydrogens is 270 g/mol. The quantitative estimate of drug-likeness (QED) is 0.863. The number of nitrogens with one attached hydrogen (secondary N) is 1. The van der Waals surface area contributed by atoms with Gasteiger partial charge in [0.15, 0.2) is 0 Å². The Labute approximate surface area is 133 Å². The lowest BCUT2D eigenvalue weighted by Crippen LogP contribution is -2.37. The van der Waals surface area contributed by atoms with Gasteiger partial charge in [0.2, 0.25) is 5.91 Å². The number of rotatable bonds is 5. The second-order valence-corrected chi connectivity index (χ2v) is 6.71. The summed E-state index contributed by atoms with van der Waals surface area (Å²) in [7, 11) is 0. The monoisotopic (exact) mass is 295 g/mol. The average molecular weight is 295 g/mol. The number of aryl methyl sites for hydroxylation is 1. The molecule has 0 aromatic heterocycles. The van der Waals surface area contributed by atoms with Crippen molar-refractivity contribution in [1.29, 1.82) is 0 Å². The summed E-state index contributed by atoms with van der Waals surface area (Å²) in [6.07, 6.45) is 1.85. The van der Waals surface area contributed by atoms with Gasteiger partial charge in [0.25, 0.3) is 0 Å². The van der Waals surface area contributed by atoms with E-state index >= 15 is 0 Å². The van der Waals surface area contributed by atoms with E-state index in [9.17, 15) is 4.79 Å². The molecule has 0 aliphatic carbocycles. The van der Waals surface area contributed by atoms with Gasteiger partial charge in [-0.1, -0.05) is 81.4 Å². The Hall–Kier alpha value is -2.09. The Balaban J connectivity index is 2.10. The number of hydrogen-bond donors (Lipinski definition) is 1. The molecule has 2 rings (SSSR count). The average Bonchev–Trinajstić information content (AvgIpc) is 2.52. The lowest BCUT2D eigenvalue weighted by molar-refractivity contribution is -0.129. The van der Waals surface area contributed by atoms with Gasteiger partial charge in [-0.3, -0.25) is 4.79 Å². The van der Waals surface area contributed by atoms with Crippen molar-refractivity contribution in [2.75, 3.05) is 0 Å². The molecule has 2 heteroatoms. The molecule has 2 nitrogen and oxygen atoms in total. The van der Waals surface area contributed by atoms with E-state index in [2.05, 4.69) is 41.7 Å². The first kappa shape index (κ1) is 16.3. The third-order valence-electron chi connectivity index (χ3n) is 3.75. The molecule has 0 unspecified atom stereocenters. The van der Waals surface area contributed by atoms with Crippen LogP contribution in [0.4, 0.5) is 0 Å². The molecule has 1 N–H and O–H groups in total. The van der Waals surface area contributed by atoms with Crippen LogP contribution in [0.5, 0.6) is 0 Å². The van der Waals surface area contributed by atoms with Crippen LogP contribution in [0.2, 0.25) is 0 Å². The minimum absolute atomic E-state index is 0.0492. The van der Waals surface area contributed by atoms with Gasteiger partial charge in [-0.25, -0.2) is 0 Å². The fourth-order valence-electron chi connectivity index (χ4n) is 2.34. The first-order valence-electron chi connectivity index (χ1n) is 7.86. The molecule has 0 aliphatic rings. The van der Waals surface area contributed by atoms with E-state index in [1.54, 1.807) is 0 Å². The fraction of sp³-hybridized carbons (Fsp3) is 0.350. The van der Waals surface area contributed by atoms with Crippen LogP contribution in [-0.2, 0) is 11.2 Å². The Morgan fingerprint density at radius 2 is 1.50 bits per heavy atom. The molecule has 0 saturated carbocycles. The highest BCUT2D eigenvalue weighted by Crippen LogP contribution is 2.22. The molecule has 2 aromatic rings. The molecule has 2 aromatic carbocycles.